The normalized spacial score (nSPS) is 10.0. The molecule has 1 aromatic carbocycles. The second-order valence-corrected chi connectivity index (χ2v) is 4.93. The monoisotopic (exact) mass is 315 g/mol. The molecule has 1 heterocycles. The lowest BCUT2D eigenvalue weighted by molar-refractivity contribution is 0.101. The van der Waals surface area contributed by atoms with Crippen molar-refractivity contribution in [2.24, 2.45) is 7.05 Å². The number of nitrogens with zero attached hydrogens (tertiary/aromatic N) is 1. The highest BCUT2D eigenvalue weighted by Gasteiger charge is 2.14. The van der Waals surface area contributed by atoms with Crippen LogP contribution in [-0.4, -0.2) is 29.5 Å². The van der Waals surface area contributed by atoms with Gasteiger partial charge in [0.15, 0.2) is 5.78 Å². The molecule has 2 N–H and O–H groups in total. The Morgan fingerprint density at radius 1 is 1.04 bits per heavy atom. The molecular formula is C16H17N3O4. The number of ether oxygens (including phenoxy) is 1. The Morgan fingerprint density at radius 2 is 1.61 bits per heavy atom. The van der Waals surface area contributed by atoms with Gasteiger partial charge in [-0.15, -0.1) is 0 Å². The van der Waals surface area contributed by atoms with E-state index < -0.39 is 6.09 Å². The van der Waals surface area contributed by atoms with Crippen LogP contribution in [0.15, 0.2) is 36.5 Å². The number of anilines is 2. The molecule has 0 radical (unpaired) electrons. The molecule has 0 atom stereocenters. The Hall–Kier alpha value is -3.09. The Kier molecular flexibility index (Phi) is 4.80. The zero-order valence-corrected chi connectivity index (χ0v) is 13.0. The van der Waals surface area contributed by atoms with Gasteiger partial charge in [0.2, 0.25) is 0 Å². The molecular weight excluding hydrogens is 298 g/mol. The number of benzene rings is 1. The highest BCUT2D eigenvalue weighted by atomic mass is 16.5. The van der Waals surface area contributed by atoms with Crippen molar-refractivity contribution in [2.75, 3.05) is 17.7 Å². The summed E-state index contributed by atoms with van der Waals surface area (Å²) in [6.45, 7) is 1.45. The predicted molar refractivity (Wildman–Crippen MR) is 85.8 cm³/mol. The average molecular weight is 315 g/mol. The first-order valence-electron chi connectivity index (χ1n) is 6.84. The molecule has 23 heavy (non-hydrogen) atoms. The topological polar surface area (TPSA) is 89.4 Å². The maximum absolute atomic E-state index is 12.2. The SMILES string of the molecule is COC(=O)Nc1ccc(NC(=O)c2cc(C(C)=O)cn2C)cc1. The molecule has 0 spiro atoms. The fourth-order valence-electron chi connectivity index (χ4n) is 1.98. The zero-order valence-electron chi connectivity index (χ0n) is 13.0. The van der Waals surface area contributed by atoms with Gasteiger partial charge in [0.25, 0.3) is 5.91 Å². The van der Waals surface area contributed by atoms with E-state index in [0.29, 0.717) is 22.6 Å². The van der Waals surface area contributed by atoms with Crippen molar-refractivity contribution < 1.29 is 19.1 Å². The molecule has 7 heteroatoms. The second kappa shape index (κ2) is 6.78. The lowest BCUT2D eigenvalue weighted by atomic mass is 10.2. The minimum atomic E-state index is -0.567. The van der Waals surface area contributed by atoms with Crippen LogP contribution in [0, 0.1) is 0 Å². The number of hydrogen-bond acceptors (Lipinski definition) is 4. The number of Topliss-reactive ketones (excluding diaryl/α,β-unsaturated/α-hetero) is 1. The van der Waals surface area contributed by atoms with Crippen LogP contribution in [0.5, 0.6) is 0 Å². The third kappa shape index (κ3) is 3.97. The largest absolute Gasteiger partial charge is 0.453 e. The van der Waals surface area contributed by atoms with E-state index in [0.717, 1.165) is 0 Å². The van der Waals surface area contributed by atoms with E-state index in [2.05, 4.69) is 15.4 Å². The number of methoxy groups -OCH3 is 1. The lowest BCUT2D eigenvalue weighted by Gasteiger charge is -2.07. The third-order valence-corrected chi connectivity index (χ3v) is 3.22. The van der Waals surface area contributed by atoms with Gasteiger partial charge in [-0.05, 0) is 37.3 Å². The van der Waals surface area contributed by atoms with E-state index in [9.17, 15) is 14.4 Å². The van der Waals surface area contributed by atoms with Crippen LogP contribution in [0.3, 0.4) is 0 Å². The van der Waals surface area contributed by atoms with Gasteiger partial charge in [-0.25, -0.2) is 4.79 Å². The van der Waals surface area contributed by atoms with E-state index in [1.165, 1.54) is 14.0 Å². The molecule has 0 saturated carbocycles. The number of carbonyl (C=O) groups is 3. The molecule has 2 aromatic rings. The van der Waals surface area contributed by atoms with Crippen LogP contribution in [-0.2, 0) is 11.8 Å². The van der Waals surface area contributed by atoms with Crippen LogP contribution in [0.1, 0.15) is 27.8 Å². The van der Waals surface area contributed by atoms with Gasteiger partial charge in [0, 0.05) is 30.2 Å². The minimum absolute atomic E-state index is 0.0992. The van der Waals surface area contributed by atoms with Gasteiger partial charge in [0.1, 0.15) is 5.69 Å². The molecule has 0 bridgehead atoms. The third-order valence-electron chi connectivity index (χ3n) is 3.22. The fourth-order valence-corrected chi connectivity index (χ4v) is 1.98. The van der Waals surface area contributed by atoms with E-state index in [1.54, 1.807) is 48.1 Å². The number of ketones is 1. The highest BCUT2D eigenvalue weighted by Crippen LogP contribution is 2.16. The molecule has 0 aliphatic heterocycles. The average Bonchev–Trinajstić information content (AvgIpc) is 2.91. The van der Waals surface area contributed by atoms with E-state index in [-0.39, 0.29) is 11.7 Å². The van der Waals surface area contributed by atoms with E-state index >= 15 is 0 Å². The van der Waals surface area contributed by atoms with Crippen molar-refractivity contribution in [1.82, 2.24) is 4.57 Å². The standard InChI is InChI=1S/C16H17N3O4/c1-10(20)11-8-14(19(2)9-11)15(21)17-12-4-6-13(7-5-12)18-16(22)23-3/h4-9H,1-3H3,(H,17,21)(H,18,22). The Morgan fingerprint density at radius 3 is 2.09 bits per heavy atom. The maximum atomic E-state index is 12.2. The first-order chi connectivity index (χ1) is 10.9. The lowest BCUT2D eigenvalue weighted by Crippen LogP contribution is -2.15. The van der Waals surface area contributed by atoms with E-state index in [1.807, 2.05) is 0 Å². The Labute approximate surface area is 133 Å². The molecule has 2 amide bonds. The van der Waals surface area contributed by atoms with Crippen LogP contribution in [0.4, 0.5) is 16.2 Å². The molecule has 7 nitrogen and oxygen atoms in total. The van der Waals surface area contributed by atoms with Crippen LogP contribution < -0.4 is 10.6 Å². The van der Waals surface area contributed by atoms with Crippen molar-refractivity contribution in [3.63, 3.8) is 0 Å². The minimum Gasteiger partial charge on any atom is -0.453 e. The van der Waals surface area contributed by atoms with E-state index in [4.69, 9.17) is 0 Å². The summed E-state index contributed by atoms with van der Waals surface area (Å²) < 4.78 is 6.09. The number of hydrogen-bond donors (Lipinski definition) is 2. The van der Waals surface area contributed by atoms with Gasteiger partial charge in [-0.2, -0.15) is 0 Å². The van der Waals surface area contributed by atoms with Crippen molar-refractivity contribution in [1.29, 1.82) is 0 Å². The van der Waals surface area contributed by atoms with Crippen LogP contribution in [0.2, 0.25) is 0 Å². The first kappa shape index (κ1) is 16.3. The molecule has 0 fully saturated rings. The fraction of sp³-hybridized carbons (Fsp3) is 0.188. The van der Waals surface area contributed by atoms with Gasteiger partial charge in [0.05, 0.1) is 7.11 Å². The summed E-state index contributed by atoms with van der Waals surface area (Å²) in [6, 6.07) is 8.12. The Bertz CT molecular complexity index is 747. The Balaban J connectivity index is 2.08. The quantitative estimate of drug-likeness (QED) is 0.849. The van der Waals surface area contributed by atoms with Gasteiger partial charge in [-0.1, -0.05) is 0 Å². The number of aryl methyl sites for hydroxylation is 1. The molecule has 0 aliphatic carbocycles. The van der Waals surface area contributed by atoms with Crippen LogP contribution in [0.25, 0.3) is 0 Å². The molecule has 2 rings (SSSR count). The summed E-state index contributed by atoms with van der Waals surface area (Å²) in [5.41, 5.74) is 1.98. The molecule has 0 unspecified atom stereocenters. The summed E-state index contributed by atoms with van der Waals surface area (Å²) in [6.07, 6.45) is 1.04. The van der Waals surface area contributed by atoms with Gasteiger partial charge < -0.3 is 14.6 Å². The van der Waals surface area contributed by atoms with Crippen molar-refractivity contribution in [3.05, 3.63) is 47.8 Å². The van der Waals surface area contributed by atoms with Crippen molar-refractivity contribution in [2.45, 2.75) is 6.92 Å². The first-order valence-corrected chi connectivity index (χ1v) is 6.84. The number of amides is 2. The molecule has 1 aromatic heterocycles. The van der Waals surface area contributed by atoms with Crippen molar-refractivity contribution >= 4 is 29.2 Å². The summed E-state index contributed by atoms with van der Waals surface area (Å²) >= 11 is 0. The highest BCUT2D eigenvalue weighted by molar-refractivity contribution is 6.05. The number of carbonyl (C=O) groups excluding carboxylic acids is 3. The van der Waals surface area contributed by atoms with Crippen LogP contribution >= 0.6 is 0 Å². The summed E-state index contributed by atoms with van der Waals surface area (Å²) in [7, 11) is 2.98. The maximum Gasteiger partial charge on any atom is 0.411 e. The number of rotatable bonds is 4. The summed E-state index contributed by atoms with van der Waals surface area (Å²) in [5.74, 6) is -0.424. The smallest absolute Gasteiger partial charge is 0.411 e. The molecule has 0 aliphatic rings. The molecule has 0 saturated heterocycles. The second-order valence-electron chi connectivity index (χ2n) is 4.93. The number of nitrogens with one attached hydrogen (secondary N) is 2. The summed E-state index contributed by atoms with van der Waals surface area (Å²) in [5, 5.41) is 5.24. The predicted octanol–water partition coefficient (Wildman–Crippen LogP) is 2.66. The zero-order chi connectivity index (χ0) is 17.0. The molecule has 120 valence electrons. The number of aromatic nitrogens is 1. The van der Waals surface area contributed by atoms with Gasteiger partial charge >= 0.3 is 6.09 Å². The van der Waals surface area contributed by atoms with Crippen molar-refractivity contribution in [3.8, 4) is 0 Å². The summed E-state index contributed by atoms with van der Waals surface area (Å²) in [4.78, 5) is 34.7. The van der Waals surface area contributed by atoms with Gasteiger partial charge in [-0.3, -0.25) is 14.9 Å².